The van der Waals surface area contributed by atoms with Gasteiger partial charge in [-0.2, -0.15) is 0 Å². The minimum atomic E-state index is -0.0518. The topological polar surface area (TPSA) is 45.2 Å². The zero-order valence-electron chi connectivity index (χ0n) is 10.7. The molecule has 0 fully saturated rings. The Morgan fingerprint density at radius 2 is 2.16 bits per heavy atom. The van der Waals surface area contributed by atoms with Crippen LogP contribution in [0.25, 0.3) is 0 Å². The van der Waals surface area contributed by atoms with E-state index in [0.29, 0.717) is 12.1 Å². The third-order valence-electron chi connectivity index (χ3n) is 2.49. The predicted octanol–water partition coefficient (Wildman–Crippen LogP) is 3.11. The Labute approximate surface area is 121 Å². The van der Waals surface area contributed by atoms with E-state index >= 15 is 0 Å². The second-order valence-corrected chi connectivity index (χ2v) is 5.99. The number of halogens is 1. The first-order valence-corrected chi connectivity index (χ1v) is 6.91. The van der Waals surface area contributed by atoms with Gasteiger partial charge in [0.25, 0.3) is 5.91 Å². The number of thiophene rings is 1. The quantitative estimate of drug-likeness (QED) is 0.942. The minimum absolute atomic E-state index is 0.0518. The first-order chi connectivity index (χ1) is 9.06. The summed E-state index contributed by atoms with van der Waals surface area (Å²) in [6, 6.07) is 7.41. The highest BCUT2D eigenvalue weighted by Crippen LogP contribution is 2.22. The molecule has 19 heavy (non-hydrogen) atoms. The molecule has 0 unspecified atom stereocenters. The van der Waals surface area contributed by atoms with E-state index in [0.717, 1.165) is 15.0 Å². The van der Waals surface area contributed by atoms with E-state index in [-0.39, 0.29) is 5.91 Å². The fourth-order valence-electron chi connectivity index (χ4n) is 1.51. The maximum atomic E-state index is 11.7. The maximum absolute atomic E-state index is 11.7. The van der Waals surface area contributed by atoms with Gasteiger partial charge in [-0.1, -0.05) is 11.6 Å². The number of nitrogens with one attached hydrogen (secondary N) is 1. The van der Waals surface area contributed by atoms with Crippen molar-refractivity contribution in [1.29, 1.82) is 0 Å². The van der Waals surface area contributed by atoms with E-state index in [1.807, 2.05) is 12.1 Å². The zero-order chi connectivity index (χ0) is 13.8. The molecule has 2 aromatic heterocycles. The molecule has 2 rings (SSSR count). The first-order valence-electron chi connectivity index (χ1n) is 5.72. The summed E-state index contributed by atoms with van der Waals surface area (Å²) in [4.78, 5) is 18.6. The van der Waals surface area contributed by atoms with E-state index in [1.165, 1.54) is 16.2 Å². The number of pyridine rings is 1. The Bertz CT molecular complexity index is 566. The van der Waals surface area contributed by atoms with Gasteiger partial charge in [0, 0.05) is 25.2 Å². The first kappa shape index (κ1) is 13.8. The molecule has 0 atom stereocenters. The van der Waals surface area contributed by atoms with Crippen LogP contribution in [0.3, 0.4) is 0 Å². The van der Waals surface area contributed by atoms with Crippen LogP contribution in [0.4, 0.5) is 5.82 Å². The molecule has 2 heterocycles. The number of aromatic nitrogens is 1. The van der Waals surface area contributed by atoms with Crippen LogP contribution in [-0.2, 0) is 6.54 Å². The molecule has 1 N–H and O–H groups in total. The number of nitrogens with zero attached hydrogens (tertiary/aromatic N) is 2. The largest absolute Gasteiger partial charge is 0.365 e. The van der Waals surface area contributed by atoms with Crippen molar-refractivity contribution in [3.8, 4) is 0 Å². The molecule has 6 heteroatoms. The molecule has 0 saturated carbocycles. The molecule has 4 nitrogen and oxygen atoms in total. The average Bonchev–Trinajstić information content (AvgIpc) is 2.82. The summed E-state index contributed by atoms with van der Waals surface area (Å²) < 4.78 is 0.775. The molecule has 0 bridgehead atoms. The number of carbonyl (C=O) groups excluding carboxylic acids is 1. The maximum Gasteiger partial charge on any atom is 0.254 e. The van der Waals surface area contributed by atoms with Crippen molar-refractivity contribution in [2.45, 2.75) is 6.54 Å². The van der Waals surface area contributed by atoms with Gasteiger partial charge < -0.3 is 10.2 Å². The van der Waals surface area contributed by atoms with Gasteiger partial charge in [-0.25, -0.2) is 4.98 Å². The van der Waals surface area contributed by atoms with Gasteiger partial charge in [0.05, 0.1) is 16.4 Å². The Hall–Kier alpha value is -1.59. The lowest BCUT2D eigenvalue weighted by Crippen LogP contribution is -2.21. The highest BCUT2D eigenvalue weighted by atomic mass is 35.5. The third kappa shape index (κ3) is 3.68. The van der Waals surface area contributed by atoms with Crippen molar-refractivity contribution in [3.05, 3.63) is 45.2 Å². The Balaban J connectivity index is 1.97. The van der Waals surface area contributed by atoms with Gasteiger partial charge in [-0.05, 0) is 24.3 Å². The van der Waals surface area contributed by atoms with Gasteiger partial charge in [-0.15, -0.1) is 11.3 Å². The fourth-order valence-corrected chi connectivity index (χ4v) is 2.53. The highest BCUT2D eigenvalue weighted by Gasteiger charge is 2.07. The zero-order valence-corrected chi connectivity index (χ0v) is 12.3. The monoisotopic (exact) mass is 295 g/mol. The summed E-state index contributed by atoms with van der Waals surface area (Å²) in [5.74, 6) is 0.684. The van der Waals surface area contributed by atoms with Crippen molar-refractivity contribution in [2.24, 2.45) is 0 Å². The molecule has 1 amide bonds. The fraction of sp³-hybridized carbons (Fsp3) is 0.231. The molecule has 0 aliphatic carbocycles. The second kappa shape index (κ2) is 6.04. The van der Waals surface area contributed by atoms with Crippen molar-refractivity contribution >= 4 is 34.7 Å². The highest BCUT2D eigenvalue weighted by molar-refractivity contribution is 7.16. The summed E-state index contributed by atoms with van der Waals surface area (Å²) in [6.07, 6.45) is 1.58. The lowest BCUT2D eigenvalue weighted by atomic mass is 10.2. The van der Waals surface area contributed by atoms with Crippen LogP contribution < -0.4 is 5.32 Å². The van der Waals surface area contributed by atoms with Gasteiger partial charge in [-0.3, -0.25) is 4.79 Å². The molecule has 0 aromatic carbocycles. The van der Waals surface area contributed by atoms with E-state index in [2.05, 4.69) is 10.3 Å². The van der Waals surface area contributed by atoms with Crippen molar-refractivity contribution in [2.75, 3.05) is 19.4 Å². The van der Waals surface area contributed by atoms with Crippen LogP contribution in [0.15, 0.2) is 30.5 Å². The summed E-state index contributed by atoms with van der Waals surface area (Å²) in [5.41, 5.74) is 0.578. The summed E-state index contributed by atoms with van der Waals surface area (Å²) in [5, 5.41) is 3.19. The average molecular weight is 296 g/mol. The summed E-state index contributed by atoms with van der Waals surface area (Å²) in [6.45, 7) is 0.672. The SMILES string of the molecule is CN(C)C(=O)c1ccc(NCc2ccc(Cl)s2)nc1. The second-order valence-electron chi connectivity index (χ2n) is 4.19. The molecular weight excluding hydrogens is 282 g/mol. The molecule has 100 valence electrons. The third-order valence-corrected chi connectivity index (χ3v) is 3.72. The normalized spacial score (nSPS) is 10.3. The van der Waals surface area contributed by atoms with Crippen molar-refractivity contribution in [1.82, 2.24) is 9.88 Å². The van der Waals surface area contributed by atoms with Gasteiger partial charge >= 0.3 is 0 Å². The number of carbonyl (C=O) groups is 1. The Kier molecular flexibility index (Phi) is 4.39. The van der Waals surface area contributed by atoms with E-state index in [4.69, 9.17) is 11.6 Å². The number of anilines is 1. The van der Waals surface area contributed by atoms with E-state index in [1.54, 1.807) is 32.4 Å². The molecule has 0 saturated heterocycles. The molecular formula is C13H14ClN3OS. The van der Waals surface area contributed by atoms with Crippen LogP contribution in [0, 0.1) is 0 Å². The predicted molar refractivity (Wildman–Crippen MR) is 78.9 cm³/mol. The Morgan fingerprint density at radius 3 is 2.68 bits per heavy atom. The van der Waals surface area contributed by atoms with Crippen LogP contribution in [-0.4, -0.2) is 29.9 Å². The van der Waals surface area contributed by atoms with Crippen molar-refractivity contribution < 1.29 is 4.79 Å². The summed E-state index contributed by atoms with van der Waals surface area (Å²) in [7, 11) is 3.43. The number of amides is 1. The van der Waals surface area contributed by atoms with Crippen molar-refractivity contribution in [3.63, 3.8) is 0 Å². The molecule has 0 radical (unpaired) electrons. The van der Waals surface area contributed by atoms with E-state index < -0.39 is 0 Å². The molecule has 0 aliphatic heterocycles. The van der Waals surface area contributed by atoms with Crippen LogP contribution in [0.5, 0.6) is 0 Å². The van der Waals surface area contributed by atoms with E-state index in [9.17, 15) is 4.79 Å². The summed E-state index contributed by atoms with van der Waals surface area (Å²) >= 11 is 7.39. The van der Waals surface area contributed by atoms with Crippen LogP contribution in [0.1, 0.15) is 15.2 Å². The molecule has 0 spiro atoms. The van der Waals surface area contributed by atoms with Gasteiger partial charge in [0.1, 0.15) is 5.82 Å². The Morgan fingerprint density at radius 1 is 1.37 bits per heavy atom. The minimum Gasteiger partial charge on any atom is -0.365 e. The van der Waals surface area contributed by atoms with Crippen LogP contribution in [0.2, 0.25) is 4.34 Å². The number of rotatable bonds is 4. The lowest BCUT2D eigenvalue weighted by Gasteiger charge is -2.10. The number of hydrogen-bond acceptors (Lipinski definition) is 4. The number of hydrogen-bond donors (Lipinski definition) is 1. The van der Waals surface area contributed by atoms with Crippen LogP contribution >= 0.6 is 22.9 Å². The smallest absolute Gasteiger partial charge is 0.254 e. The molecule has 2 aromatic rings. The van der Waals surface area contributed by atoms with Gasteiger partial charge in [0.2, 0.25) is 0 Å². The molecule has 0 aliphatic rings. The lowest BCUT2D eigenvalue weighted by molar-refractivity contribution is 0.0827. The standard InChI is InChI=1S/C13H14ClN3OS/c1-17(2)13(18)9-3-6-12(15-7-9)16-8-10-4-5-11(14)19-10/h3-7H,8H2,1-2H3,(H,15,16). The van der Waals surface area contributed by atoms with Gasteiger partial charge in [0.15, 0.2) is 0 Å².